The van der Waals surface area contributed by atoms with E-state index in [1.807, 2.05) is 36.5 Å². The van der Waals surface area contributed by atoms with Crippen molar-refractivity contribution in [2.24, 2.45) is 0 Å². The largest absolute Gasteiger partial charge is 0.346 e. The first-order chi connectivity index (χ1) is 10.8. The van der Waals surface area contributed by atoms with Gasteiger partial charge in [0.2, 0.25) is 0 Å². The second-order valence-electron chi connectivity index (χ2n) is 5.21. The first kappa shape index (κ1) is 13.1. The molecule has 3 nitrogen and oxygen atoms in total. The maximum absolute atomic E-state index is 9.53. The molecule has 0 spiro atoms. The molecule has 0 radical (unpaired) electrons. The van der Waals surface area contributed by atoms with Crippen molar-refractivity contribution in [1.82, 2.24) is 4.98 Å². The molecule has 106 valence electrons. The molecule has 0 fully saturated rings. The number of benzene rings is 2. The van der Waals surface area contributed by atoms with Crippen LogP contribution >= 0.6 is 11.3 Å². The number of thiazole rings is 1. The minimum absolute atomic E-state index is 0.623. The monoisotopic (exact) mass is 303 g/mol. The van der Waals surface area contributed by atoms with Gasteiger partial charge in [0.1, 0.15) is 16.6 Å². The van der Waals surface area contributed by atoms with Gasteiger partial charge in [0.05, 0.1) is 10.2 Å². The van der Waals surface area contributed by atoms with Gasteiger partial charge in [-0.2, -0.15) is 5.26 Å². The summed E-state index contributed by atoms with van der Waals surface area (Å²) in [6.07, 6.45) is 2.95. The van der Waals surface area contributed by atoms with Crippen LogP contribution in [0.5, 0.6) is 0 Å². The molecule has 0 amide bonds. The molecule has 4 heteroatoms. The predicted octanol–water partition coefficient (Wildman–Crippen LogP) is 4.22. The Balaban J connectivity index is 1.75. The smallest absolute Gasteiger partial charge is 0.136 e. The molecule has 0 bridgehead atoms. The summed E-state index contributed by atoms with van der Waals surface area (Å²) in [4.78, 5) is 6.74. The van der Waals surface area contributed by atoms with Crippen LogP contribution in [-0.2, 0) is 6.42 Å². The van der Waals surface area contributed by atoms with Crippen molar-refractivity contribution in [3.8, 4) is 6.07 Å². The number of fused-ring (bicyclic) bond motifs is 2. The zero-order chi connectivity index (χ0) is 14.9. The van der Waals surface area contributed by atoms with Crippen LogP contribution in [0.3, 0.4) is 0 Å². The van der Waals surface area contributed by atoms with Crippen molar-refractivity contribution >= 4 is 32.8 Å². The summed E-state index contributed by atoms with van der Waals surface area (Å²) in [5.74, 6) is 0. The number of allylic oxidation sites excluding steroid dienone is 1. The molecule has 4 rings (SSSR count). The number of aromatic nitrogens is 1. The normalized spacial score (nSPS) is 14.1. The van der Waals surface area contributed by atoms with Crippen molar-refractivity contribution in [1.29, 1.82) is 5.26 Å². The Morgan fingerprint density at radius 2 is 2.00 bits per heavy atom. The Kier molecular flexibility index (Phi) is 3.14. The van der Waals surface area contributed by atoms with Gasteiger partial charge in [0.25, 0.3) is 0 Å². The average Bonchev–Trinajstić information content (AvgIpc) is 3.16. The van der Waals surface area contributed by atoms with Crippen LogP contribution in [0.15, 0.2) is 54.7 Å². The van der Waals surface area contributed by atoms with Gasteiger partial charge in [-0.25, -0.2) is 4.98 Å². The van der Waals surface area contributed by atoms with Gasteiger partial charge in [-0.05, 0) is 30.2 Å². The Labute approximate surface area is 132 Å². The van der Waals surface area contributed by atoms with Crippen LogP contribution in [0.1, 0.15) is 10.6 Å². The van der Waals surface area contributed by atoms with Crippen LogP contribution in [0.2, 0.25) is 0 Å². The molecule has 1 aliphatic rings. The van der Waals surface area contributed by atoms with Crippen molar-refractivity contribution in [3.63, 3.8) is 0 Å². The van der Waals surface area contributed by atoms with Crippen LogP contribution in [0, 0.1) is 11.3 Å². The summed E-state index contributed by atoms with van der Waals surface area (Å²) < 4.78 is 1.11. The SMILES string of the molecule is N#CC(=CN1CCc2ccccc21)c1nc2ccccc2s1. The van der Waals surface area contributed by atoms with Crippen molar-refractivity contribution in [2.45, 2.75) is 6.42 Å². The molecule has 0 unspecified atom stereocenters. The molecular formula is C18H13N3S. The summed E-state index contributed by atoms with van der Waals surface area (Å²) >= 11 is 1.57. The van der Waals surface area contributed by atoms with Gasteiger partial charge >= 0.3 is 0 Å². The van der Waals surface area contributed by atoms with E-state index >= 15 is 0 Å². The highest BCUT2D eigenvalue weighted by Gasteiger charge is 2.18. The lowest BCUT2D eigenvalue weighted by Crippen LogP contribution is -2.12. The molecule has 1 aromatic heterocycles. The zero-order valence-electron chi connectivity index (χ0n) is 11.9. The molecular weight excluding hydrogens is 290 g/mol. The van der Waals surface area contributed by atoms with E-state index in [0.717, 1.165) is 28.2 Å². The van der Waals surface area contributed by atoms with E-state index in [2.05, 4.69) is 34.2 Å². The summed E-state index contributed by atoms with van der Waals surface area (Å²) in [6.45, 7) is 0.912. The van der Waals surface area contributed by atoms with Gasteiger partial charge in [0.15, 0.2) is 0 Å². The van der Waals surface area contributed by atoms with E-state index in [1.165, 1.54) is 11.3 Å². The number of nitriles is 1. The van der Waals surface area contributed by atoms with E-state index in [-0.39, 0.29) is 0 Å². The van der Waals surface area contributed by atoms with Gasteiger partial charge in [-0.3, -0.25) is 0 Å². The lowest BCUT2D eigenvalue weighted by atomic mass is 10.2. The predicted molar refractivity (Wildman–Crippen MR) is 90.7 cm³/mol. The summed E-state index contributed by atoms with van der Waals surface area (Å²) in [7, 11) is 0. The molecule has 0 saturated carbocycles. The lowest BCUT2D eigenvalue weighted by Gasteiger charge is -2.14. The van der Waals surface area contributed by atoms with E-state index < -0.39 is 0 Å². The quantitative estimate of drug-likeness (QED) is 0.665. The number of anilines is 1. The molecule has 0 aliphatic carbocycles. The molecule has 0 saturated heterocycles. The first-order valence-electron chi connectivity index (χ1n) is 7.17. The van der Waals surface area contributed by atoms with Crippen LogP contribution in [-0.4, -0.2) is 11.5 Å². The fourth-order valence-electron chi connectivity index (χ4n) is 2.77. The minimum atomic E-state index is 0.623. The third kappa shape index (κ3) is 2.16. The van der Waals surface area contributed by atoms with Crippen molar-refractivity contribution < 1.29 is 0 Å². The maximum Gasteiger partial charge on any atom is 0.136 e. The molecule has 2 heterocycles. The standard InChI is InChI=1S/C18H13N3S/c19-11-14(18-20-15-6-2-4-8-17(15)22-18)12-21-10-9-13-5-1-3-7-16(13)21/h1-8,12H,9-10H2. The Bertz CT molecular complexity index is 884. The minimum Gasteiger partial charge on any atom is -0.346 e. The first-order valence-corrected chi connectivity index (χ1v) is 7.99. The van der Waals surface area contributed by atoms with Gasteiger partial charge in [0, 0.05) is 18.4 Å². The fourth-order valence-corrected chi connectivity index (χ4v) is 3.70. The third-order valence-electron chi connectivity index (χ3n) is 3.85. The number of hydrogen-bond acceptors (Lipinski definition) is 4. The number of para-hydroxylation sites is 2. The second-order valence-corrected chi connectivity index (χ2v) is 6.24. The summed E-state index contributed by atoms with van der Waals surface area (Å²) in [5.41, 5.74) is 4.10. The van der Waals surface area contributed by atoms with Crippen LogP contribution in [0.4, 0.5) is 5.69 Å². The summed E-state index contributed by atoms with van der Waals surface area (Å²) in [6, 6.07) is 18.6. The van der Waals surface area contributed by atoms with Crippen molar-refractivity contribution in [2.75, 3.05) is 11.4 Å². The number of rotatable bonds is 2. The van der Waals surface area contributed by atoms with E-state index in [9.17, 15) is 5.26 Å². The molecule has 1 aliphatic heterocycles. The highest BCUT2D eigenvalue weighted by Crippen LogP contribution is 2.31. The fraction of sp³-hybridized carbons (Fsp3) is 0.111. The highest BCUT2D eigenvalue weighted by molar-refractivity contribution is 7.19. The van der Waals surface area contributed by atoms with E-state index in [0.29, 0.717) is 5.57 Å². The Morgan fingerprint density at radius 3 is 2.86 bits per heavy atom. The Hall–Kier alpha value is -2.64. The average molecular weight is 303 g/mol. The number of nitrogens with zero attached hydrogens (tertiary/aromatic N) is 3. The topological polar surface area (TPSA) is 39.9 Å². The maximum atomic E-state index is 9.53. The lowest BCUT2D eigenvalue weighted by molar-refractivity contribution is 0.994. The molecule has 0 N–H and O–H groups in total. The van der Waals surface area contributed by atoms with E-state index in [4.69, 9.17) is 0 Å². The highest BCUT2D eigenvalue weighted by atomic mass is 32.1. The van der Waals surface area contributed by atoms with Crippen LogP contribution in [0.25, 0.3) is 15.8 Å². The third-order valence-corrected chi connectivity index (χ3v) is 4.92. The molecule has 0 atom stereocenters. The molecule has 3 aromatic rings. The molecule has 2 aromatic carbocycles. The second kappa shape index (κ2) is 5.28. The van der Waals surface area contributed by atoms with Crippen molar-refractivity contribution in [3.05, 3.63) is 65.3 Å². The Morgan fingerprint density at radius 1 is 1.18 bits per heavy atom. The molecule has 22 heavy (non-hydrogen) atoms. The van der Waals surface area contributed by atoms with Gasteiger partial charge in [-0.1, -0.05) is 30.3 Å². The van der Waals surface area contributed by atoms with Gasteiger partial charge < -0.3 is 4.90 Å². The van der Waals surface area contributed by atoms with E-state index in [1.54, 1.807) is 11.3 Å². The zero-order valence-corrected chi connectivity index (χ0v) is 12.7. The van der Waals surface area contributed by atoms with Crippen LogP contribution < -0.4 is 4.90 Å². The number of hydrogen-bond donors (Lipinski definition) is 0. The summed E-state index contributed by atoms with van der Waals surface area (Å²) in [5, 5.41) is 10.3. The van der Waals surface area contributed by atoms with Gasteiger partial charge in [-0.15, -0.1) is 11.3 Å².